The first-order valence-corrected chi connectivity index (χ1v) is 4.73. The first-order chi connectivity index (χ1) is 5.72. The van der Waals surface area contributed by atoms with Crippen LogP contribution >= 0.6 is 0 Å². The molecular formula is C10H19NO. The largest absolute Gasteiger partial charge is 0.376 e. The molecule has 1 fully saturated rings. The third-order valence-electron chi connectivity index (χ3n) is 2.27. The summed E-state index contributed by atoms with van der Waals surface area (Å²) in [4.78, 5) is 2.42. The van der Waals surface area contributed by atoms with Crippen molar-refractivity contribution in [3.8, 4) is 0 Å². The van der Waals surface area contributed by atoms with Crippen LogP contribution in [-0.2, 0) is 4.74 Å². The Morgan fingerprint density at radius 1 is 1.67 bits per heavy atom. The van der Waals surface area contributed by atoms with Gasteiger partial charge >= 0.3 is 0 Å². The van der Waals surface area contributed by atoms with Gasteiger partial charge in [-0.3, -0.25) is 4.90 Å². The Hall–Kier alpha value is -0.340. The van der Waals surface area contributed by atoms with E-state index in [4.69, 9.17) is 4.74 Å². The fraction of sp³-hybridized carbons (Fsp3) is 0.800. The molecule has 0 radical (unpaired) electrons. The van der Waals surface area contributed by atoms with Gasteiger partial charge in [-0.15, -0.1) is 0 Å². The van der Waals surface area contributed by atoms with Crippen LogP contribution in [0.4, 0.5) is 0 Å². The average Bonchev–Trinajstić information content (AvgIpc) is 2.04. The van der Waals surface area contributed by atoms with Crippen molar-refractivity contribution < 1.29 is 4.74 Å². The van der Waals surface area contributed by atoms with E-state index >= 15 is 0 Å². The molecule has 0 spiro atoms. The van der Waals surface area contributed by atoms with Crippen LogP contribution in [0, 0.1) is 0 Å². The van der Waals surface area contributed by atoms with E-state index in [9.17, 15) is 0 Å². The van der Waals surface area contributed by atoms with Gasteiger partial charge in [0.25, 0.3) is 0 Å². The van der Waals surface area contributed by atoms with Gasteiger partial charge in [0, 0.05) is 19.6 Å². The molecule has 0 bridgehead atoms. The van der Waals surface area contributed by atoms with Gasteiger partial charge in [0.05, 0.1) is 12.7 Å². The Bertz CT molecular complexity index is 156. The summed E-state index contributed by atoms with van der Waals surface area (Å²) in [5, 5.41) is 0. The molecule has 0 unspecified atom stereocenters. The number of hydrogen-bond acceptors (Lipinski definition) is 2. The number of ether oxygens (including phenoxy) is 1. The smallest absolute Gasteiger partial charge is 0.0674 e. The van der Waals surface area contributed by atoms with Crippen LogP contribution in [0.3, 0.4) is 0 Å². The molecule has 1 aliphatic heterocycles. The molecule has 0 amide bonds. The van der Waals surface area contributed by atoms with Crippen LogP contribution in [0.15, 0.2) is 12.2 Å². The van der Waals surface area contributed by atoms with E-state index in [0.717, 1.165) is 32.7 Å². The lowest BCUT2D eigenvalue weighted by Crippen LogP contribution is -2.41. The zero-order valence-corrected chi connectivity index (χ0v) is 8.18. The van der Waals surface area contributed by atoms with Crippen molar-refractivity contribution in [3.63, 3.8) is 0 Å². The van der Waals surface area contributed by atoms with Crippen molar-refractivity contribution in [1.82, 2.24) is 4.90 Å². The molecule has 1 saturated heterocycles. The maximum Gasteiger partial charge on any atom is 0.0674 e. The van der Waals surface area contributed by atoms with E-state index in [1.165, 1.54) is 5.57 Å². The van der Waals surface area contributed by atoms with Gasteiger partial charge in [-0.1, -0.05) is 19.1 Å². The summed E-state index contributed by atoms with van der Waals surface area (Å²) in [5.41, 5.74) is 1.32. The molecule has 1 aliphatic rings. The molecular weight excluding hydrogens is 150 g/mol. The van der Waals surface area contributed by atoms with Gasteiger partial charge in [0.1, 0.15) is 0 Å². The molecule has 1 rings (SSSR count). The van der Waals surface area contributed by atoms with Crippen LogP contribution in [0.2, 0.25) is 0 Å². The predicted molar refractivity (Wildman–Crippen MR) is 51.3 cm³/mol. The normalized spacial score (nSPS) is 25.7. The lowest BCUT2D eigenvalue weighted by molar-refractivity contribution is -0.0150. The molecule has 70 valence electrons. The number of morpholine rings is 1. The lowest BCUT2D eigenvalue weighted by atomic mass is 10.2. The number of rotatable bonds is 3. The summed E-state index contributed by atoms with van der Waals surface area (Å²) in [7, 11) is 0. The molecule has 2 nitrogen and oxygen atoms in total. The summed E-state index contributed by atoms with van der Waals surface area (Å²) in [6.07, 6.45) is 1.48. The van der Waals surface area contributed by atoms with Crippen molar-refractivity contribution in [1.29, 1.82) is 0 Å². The van der Waals surface area contributed by atoms with Gasteiger partial charge in [-0.05, 0) is 13.3 Å². The molecule has 1 atom stereocenters. The highest BCUT2D eigenvalue weighted by molar-refractivity contribution is 4.96. The Balaban J connectivity index is 2.27. The quantitative estimate of drug-likeness (QED) is 0.596. The highest BCUT2D eigenvalue weighted by Gasteiger charge is 2.16. The number of nitrogens with zero attached hydrogens (tertiary/aromatic N) is 1. The zero-order valence-electron chi connectivity index (χ0n) is 8.18. The van der Waals surface area contributed by atoms with Gasteiger partial charge < -0.3 is 4.74 Å². The van der Waals surface area contributed by atoms with E-state index in [0.29, 0.717) is 6.10 Å². The minimum absolute atomic E-state index is 0.392. The SMILES string of the molecule is C=C(CC)CN1CCO[C@H](C)C1. The zero-order chi connectivity index (χ0) is 8.97. The van der Waals surface area contributed by atoms with Crippen LogP contribution in [0.25, 0.3) is 0 Å². The second-order valence-electron chi connectivity index (χ2n) is 3.52. The van der Waals surface area contributed by atoms with Crippen molar-refractivity contribution >= 4 is 0 Å². The van der Waals surface area contributed by atoms with Crippen molar-refractivity contribution in [3.05, 3.63) is 12.2 Å². The van der Waals surface area contributed by atoms with Crippen molar-refractivity contribution in [2.24, 2.45) is 0 Å². The molecule has 0 saturated carbocycles. The second kappa shape index (κ2) is 4.63. The summed E-state index contributed by atoms with van der Waals surface area (Å²) in [6.45, 7) is 12.3. The summed E-state index contributed by atoms with van der Waals surface area (Å²) >= 11 is 0. The Morgan fingerprint density at radius 3 is 3.00 bits per heavy atom. The van der Waals surface area contributed by atoms with E-state index in [1.54, 1.807) is 0 Å². The third-order valence-corrected chi connectivity index (χ3v) is 2.27. The monoisotopic (exact) mass is 169 g/mol. The van der Waals surface area contributed by atoms with Crippen LogP contribution < -0.4 is 0 Å². The minimum Gasteiger partial charge on any atom is -0.376 e. The van der Waals surface area contributed by atoms with Crippen LogP contribution in [0.1, 0.15) is 20.3 Å². The second-order valence-corrected chi connectivity index (χ2v) is 3.52. The third kappa shape index (κ3) is 2.95. The van der Waals surface area contributed by atoms with Gasteiger partial charge in [0.15, 0.2) is 0 Å². The standard InChI is InChI=1S/C10H19NO/c1-4-9(2)7-11-5-6-12-10(3)8-11/h10H,2,4-8H2,1,3H3/t10-/m1/s1. The summed E-state index contributed by atoms with van der Waals surface area (Å²) in [5.74, 6) is 0. The Morgan fingerprint density at radius 2 is 2.42 bits per heavy atom. The molecule has 2 heteroatoms. The molecule has 0 aromatic rings. The van der Waals surface area contributed by atoms with Crippen LogP contribution in [-0.4, -0.2) is 37.2 Å². The van der Waals surface area contributed by atoms with Gasteiger partial charge in [-0.2, -0.15) is 0 Å². The topological polar surface area (TPSA) is 12.5 Å². The predicted octanol–water partition coefficient (Wildman–Crippen LogP) is 1.67. The fourth-order valence-corrected chi connectivity index (χ4v) is 1.46. The Kier molecular flexibility index (Phi) is 3.76. The molecule has 0 aliphatic carbocycles. The maximum absolute atomic E-state index is 5.45. The van der Waals surface area contributed by atoms with E-state index in [2.05, 4.69) is 25.3 Å². The fourth-order valence-electron chi connectivity index (χ4n) is 1.46. The van der Waals surface area contributed by atoms with E-state index in [-0.39, 0.29) is 0 Å². The molecule has 12 heavy (non-hydrogen) atoms. The number of hydrogen-bond donors (Lipinski definition) is 0. The van der Waals surface area contributed by atoms with E-state index in [1.807, 2.05) is 0 Å². The molecule has 0 N–H and O–H groups in total. The van der Waals surface area contributed by atoms with Crippen molar-refractivity contribution in [2.75, 3.05) is 26.2 Å². The molecule has 0 aromatic carbocycles. The lowest BCUT2D eigenvalue weighted by Gasteiger charge is -2.31. The minimum atomic E-state index is 0.392. The summed E-state index contributed by atoms with van der Waals surface area (Å²) < 4.78 is 5.45. The molecule has 1 heterocycles. The van der Waals surface area contributed by atoms with Crippen LogP contribution in [0.5, 0.6) is 0 Å². The van der Waals surface area contributed by atoms with Gasteiger partial charge in [-0.25, -0.2) is 0 Å². The Labute approximate surface area is 75.2 Å². The first-order valence-electron chi connectivity index (χ1n) is 4.73. The van der Waals surface area contributed by atoms with Gasteiger partial charge in [0.2, 0.25) is 0 Å². The first kappa shape index (κ1) is 9.75. The highest BCUT2D eigenvalue weighted by Crippen LogP contribution is 2.07. The maximum atomic E-state index is 5.45. The van der Waals surface area contributed by atoms with Crippen molar-refractivity contribution in [2.45, 2.75) is 26.4 Å². The average molecular weight is 169 g/mol. The van der Waals surface area contributed by atoms with E-state index < -0.39 is 0 Å². The summed E-state index contributed by atoms with van der Waals surface area (Å²) in [6, 6.07) is 0. The molecule has 0 aromatic heterocycles. The highest BCUT2D eigenvalue weighted by atomic mass is 16.5.